The van der Waals surface area contributed by atoms with Crippen molar-refractivity contribution in [2.24, 2.45) is 0 Å². The lowest BCUT2D eigenvalue weighted by atomic mass is 10.1. The number of hydrogen-bond donors (Lipinski definition) is 0. The lowest BCUT2D eigenvalue weighted by molar-refractivity contribution is -0.134. The van der Waals surface area contributed by atoms with E-state index in [1.54, 1.807) is 61.5 Å². The molecule has 2 aliphatic rings. The number of halogens is 1. The number of benzene rings is 3. The standard InChI is InChI=1S/C25H17ClO6/c1-14-18(32-25(28)22(26)16-5-3-2-4-6-16)10-8-17-23(27)21(31-24(14)17)12-15-7-9-19-20(11-15)30-13-29-19/h2-12,22H,13H2,1H3/b21-12-. The number of carbonyl (C=O) groups is 2. The smallest absolute Gasteiger partial charge is 0.334 e. The summed E-state index contributed by atoms with van der Waals surface area (Å²) in [5.74, 6) is 1.22. The summed E-state index contributed by atoms with van der Waals surface area (Å²) < 4.78 is 22.1. The zero-order valence-electron chi connectivity index (χ0n) is 17.0. The molecule has 0 amide bonds. The SMILES string of the molecule is Cc1c(OC(=O)C(Cl)c2ccccc2)ccc2c1O/C(=C\c1ccc3c(c1)OCO3)C2=O. The molecule has 0 bridgehead atoms. The van der Waals surface area contributed by atoms with Crippen LogP contribution >= 0.6 is 11.6 Å². The Labute approximate surface area is 188 Å². The van der Waals surface area contributed by atoms with Gasteiger partial charge in [-0.25, -0.2) is 4.79 Å². The number of hydrogen-bond acceptors (Lipinski definition) is 6. The summed E-state index contributed by atoms with van der Waals surface area (Å²) in [6.45, 7) is 1.90. The molecule has 7 heteroatoms. The largest absolute Gasteiger partial charge is 0.454 e. The van der Waals surface area contributed by atoms with E-state index < -0.39 is 11.3 Å². The summed E-state index contributed by atoms with van der Waals surface area (Å²) in [6.07, 6.45) is 1.64. The minimum atomic E-state index is -0.951. The van der Waals surface area contributed by atoms with Crippen LogP contribution in [0.5, 0.6) is 23.0 Å². The van der Waals surface area contributed by atoms with E-state index in [1.807, 2.05) is 12.1 Å². The molecule has 6 nitrogen and oxygen atoms in total. The molecule has 160 valence electrons. The average Bonchev–Trinajstić information content (AvgIpc) is 3.40. The highest BCUT2D eigenvalue weighted by atomic mass is 35.5. The molecule has 2 heterocycles. The third kappa shape index (κ3) is 3.59. The Hall–Kier alpha value is -3.77. The van der Waals surface area contributed by atoms with E-state index in [1.165, 1.54) is 0 Å². The first-order chi connectivity index (χ1) is 15.5. The molecule has 1 atom stereocenters. The third-order valence-electron chi connectivity index (χ3n) is 5.24. The monoisotopic (exact) mass is 448 g/mol. The van der Waals surface area contributed by atoms with Crippen LogP contribution in [0.2, 0.25) is 0 Å². The lowest BCUT2D eigenvalue weighted by Gasteiger charge is -2.13. The molecule has 0 aromatic heterocycles. The number of ether oxygens (including phenoxy) is 4. The Kier molecular flexibility index (Phi) is 5.07. The van der Waals surface area contributed by atoms with E-state index in [0.717, 1.165) is 5.56 Å². The molecule has 0 saturated carbocycles. The van der Waals surface area contributed by atoms with Crippen molar-refractivity contribution in [1.82, 2.24) is 0 Å². The Bertz CT molecular complexity index is 1260. The minimum absolute atomic E-state index is 0.171. The molecule has 3 aromatic carbocycles. The first-order valence-electron chi connectivity index (χ1n) is 9.89. The topological polar surface area (TPSA) is 71.1 Å². The van der Waals surface area contributed by atoms with Gasteiger partial charge in [0.15, 0.2) is 22.6 Å². The number of rotatable bonds is 4. The van der Waals surface area contributed by atoms with Crippen LogP contribution in [0.15, 0.2) is 66.4 Å². The summed E-state index contributed by atoms with van der Waals surface area (Å²) in [6, 6.07) is 17.5. The Balaban J connectivity index is 1.38. The van der Waals surface area contributed by atoms with Gasteiger partial charge in [0.05, 0.1) is 5.56 Å². The van der Waals surface area contributed by atoms with Gasteiger partial charge >= 0.3 is 5.97 Å². The molecular formula is C25H17ClO6. The summed E-state index contributed by atoms with van der Waals surface area (Å²) in [4.78, 5) is 25.4. The van der Waals surface area contributed by atoms with Crippen molar-refractivity contribution in [1.29, 1.82) is 0 Å². The molecule has 1 unspecified atom stereocenters. The van der Waals surface area contributed by atoms with E-state index in [4.69, 9.17) is 30.5 Å². The summed E-state index contributed by atoms with van der Waals surface area (Å²) in [5.41, 5.74) is 2.32. The molecule has 3 aromatic rings. The van der Waals surface area contributed by atoms with E-state index in [2.05, 4.69) is 0 Å². The Morgan fingerprint density at radius 3 is 2.66 bits per heavy atom. The van der Waals surface area contributed by atoms with Crippen LogP contribution in [0, 0.1) is 6.92 Å². The van der Waals surface area contributed by atoms with Gasteiger partial charge < -0.3 is 18.9 Å². The first kappa shape index (κ1) is 20.2. The predicted octanol–water partition coefficient (Wildman–Crippen LogP) is 5.23. The number of ketones is 1. The molecule has 2 aliphatic heterocycles. The van der Waals surface area contributed by atoms with Gasteiger partial charge in [-0.15, -0.1) is 11.6 Å². The van der Waals surface area contributed by atoms with Gasteiger partial charge in [0.1, 0.15) is 11.5 Å². The van der Waals surface area contributed by atoms with Crippen molar-refractivity contribution in [2.75, 3.05) is 6.79 Å². The van der Waals surface area contributed by atoms with Crippen LogP contribution < -0.4 is 18.9 Å². The van der Waals surface area contributed by atoms with Crippen molar-refractivity contribution >= 4 is 29.4 Å². The predicted molar refractivity (Wildman–Crippen MR) is 117 cm³/mol. The van der Waals surface area contributed by atoms with Crippen LogP contribution in [-0.2, 0) is 4.79 Å². The lowest BCUT2D eigenvalue weighted by Crippen LogP contribution is -2.15. The van der Waals surface area contributed by atoms with Gasteiger partial charge in [0.2, 0.25) is 12.6 Å². The maximum atomic E-state index is 12.8. The number of carbonyl (C=O) groups excluding carboxylic acids is 2. The van der Waals surface area contributed by atoms with Crippen LogP contribution in [0.4, 0.5) is 0 Å². The first-order valence-corrected chi connectivity index (χ1v) is 10.3. The minimum Gasteiger partial charge on any atom is -0.454 e. The number of fused-ring (bicyclic) bond motifs is 2. The Morgan fingerprint density at radius 1 is 1.06 bits per heavy atom. The molecule has 0 N–H and O–H groups in total. The average molecular weight is 449 g/mol. The zero-order valence-corrected chi connectivity index (χ0v) is 17.7. The van der Waals surface area contributed by atoms with Gasteiger partial charge in [-0.3, -0.25) is 4.79 Å². The number of allylic oxidation sites excluding steroid dienone is 1. The molecule has 0 spiro atoms. The number of alkyl halides is 1. The molecular weight excluding hydrogens is 432 g/mol. The highest BCUT2D eigenvalue weighted by molar-refractivity contribution is 6.30. The van der Waals surface area contributed by atoms with Crippen LogP contribution in [0.3, 0.4) is 0 Å². The fourth-order valence-corrected chi connectivity index (χ4v) is 3.74. The molecule has 0 aliphatic carbocycles. The van der Waals surface area contributed by atoms with Crippen molar-refractivity contribution < 1.29 is 28.5 Å². The number of Topliss-reactive ketones (excluding diaryl/α,β-unsaturated/α-hetero) is 1. The second-order valence-electron chi connectivity index (χ2n) is 7.31. The van der Waals surface area contributed by atoms with Crippen molar-refractivity contribution in [3.8, 4) is 23.0 Å². The van der Waals surface area contributed by atoms with Gasteiger partial charge in [-0.1, -0.05) is 36.4 Å². The van der Waals surface area contributed by atoms with Crippen molar-refractivity contribution in [3.63, 3.8) is 0 Å². The summed E-state index contributed by atoms with van der Waals surface area (Å²) in [5, 5.41) is -0.951. The van der Waals surface area contributed by atoms with E-state index in [-0.39, 0.29) is 24.1 Å². The second kappa shape index (κ2) is 8.05. The highest BCUT2D eigenvalue weighted by Crippen LogP contribution is 2.40. The van der Waals surface area contributed by atoms with E-state index >= 15 is 0 Å². The zero-order chi connectivity index (χ0) is 22.2. The van der Waals surface area contributed by atoms with E-state index in [0.29, 0.717) is 33.9 Å². The second-order valence-corrected chi connectivity index (χ2v) is 7.75. The maximum Gasteiger partial charge on any atom is 0.334 e. The molecule has 32 heavy (non-hydrogen) atoms. The van der Waals surface area contributed by atoms with Crippen LogP contribution in [-0.4, -0.2) is 18.5 Å². The van der Waals surface area contributed by atoms with Crippen LogP contribution in [0.25, 0.3) is 6.08 Å². The quantitative estimate of drug-likeness (QED) is 0.236. The normalized spacial score (nSPS) is 15.9. The van der Waals surface area contributed by atoms with Crippen LogP contribution in [0.1, 0.15) is 32.4 Å². The maximum absolute atomic E-state index is 12.8. The van der Waals surface area contributed by atoms with Crippen molar-refractivity contribution in [3.05, 3.63) is 88.7 Å². The van der Waals surface area contributed by atoms with E-state index in [9.17, 15) is 9.59 Å². The molecule has 0 fully saturated rings. The van der Waals surface area contributed by atoms with Gasteiger partial charge in [0.25, 0.3) is 0 Å². The number of esters is 1. The molecule has 0 saturated heterocycles. The Morgan fingerprint density at radius 2 is 1.84 bits per heavy atom. The highest BCUT2D eigenvalue weighted by Gasteiger charge is 2.31. The van der Waals surface area contributed by atoms with Gasteiger partial charge in [0, 0.05) is 5.56 Å². The fraction of sp³-hybridized carbons (Fsp3) is 0.120. The van der Waals surface area contributed by atoms with Gasteiger partial charge in [-0.05, 0) is 48.4 Å². The molecule has 5 rings (SSSR count). The summed E-state index contributed by atoms with van der Waals surface area (Å²) >= 11 is 6.26. The van der Waals surface area contributed by atoms with Gasteiger partial charge in [-0.2, -0.15) is 0 Å². The van der Waals surface area contributed by atoms with Crippen molar-refractivity contribution in [2.45, 2.75) is 12.3 Å². The fourth-order valence-electron chi connectivity index (χ4n) is 3.55. The third-order valence-corrected chi connectivity index (χ3v) is 5.67. The molecule has 0 radical (unpaired) electrons. The summed E-state index contributed by atoms with van der Waals surface area (Å²) in [7, 11) is 0.